The number of nitrogens with zero attached hydrogens (tertiary/aromatic N) is 4. The largest absolute Gasteiger partial charge is 0.457 e. The molecule has 0 aromatic heterocycles. The Kier molecular flexibility index (Phi) is 9.04. The summed E-state index contributed by atoms with van der Waals surface area (Å²) in [5.41, 5.74) is 10.3. The molecule has 6 aromatic carbocycles. The Morgan fingerprint density at radius 3 is 1.78 bits per heavy atom. The second kappa shape index (κ2) is 14.7. The van der Waals surface area contributed by atoms with Gasteiger partial charge in [0.15, 0.2) is 0 Å². The van der Waals surface area contributed by atoms with Gasteiger partial charge in [0.25, 0.3) is 5.70 Å². The number of benzene rings is 6. The molecule has 0 bridgehead atoms. The van der Waals surface area contributed by atoms with Gasteiger partial charge in [0.05, 0.1) is 24.0 Å². The fraction of sp³-hybridized carbons (Fsp3) is 0.120. The topological polar surface area (TPSA) is 43.9 Å². The number of anilines is 4. The SMILES string of the molecule is [C-]#[N+]/C(C#N)=C1C=C(/C=C/c2ccc(N(c3cccc4ccccc34)c3cccc4ccccc34)cc2)OC(/C=C/c2cc3c4c(c2)CCCN4CCC3)=C/1. The lowest BCUT2D eigenvalue weighted by Gasteiger charge is -2.37. The van der Waals surface area contributed by atoms with Gasteiger partial charge in [-0.25, -0.2) is 10.1 Å². The summed E-state index contributed by atoms with van der Waals surface area (Å²) in [6.07, 6.45) is 16.1. The van der Waals surface area contributed by atoms with Crippen LogP contribution in [0.25, 0.3) is 38.5 Å². The molecule has 5 heteroatoms. The number of aryl methyl sites for hydroxylation is 2. The zero-order valence-corrected chi connectivity index (χ0v) is 30.5. The summed E-state index contributed by atoms with van der Waals surface area (Å²) < 4.78 is 6.34. The highest BCUT2D eigenvalue weighted by atomic mass is 16.5. The van der Waals surface area contributed by atoms with Gasteiger partial charge in [-0.1, -0.05) is 97.1 Å². The van der Waals surface area contributed by atoms with Gasteiger partial charge in [-0.05, 0) is 125 Å². The first-order valence-electron chi connectivity index (χ1n) is 18.9. The van der Waals surface area contributed by atoms with Crippen LogP contribution in [0.3, 0.4) is 0 Å². The zero-order chi connectivity index (χ0) is 37.1. The highest BCUT2D eigenvalue weighted by molar-refractivity contribution is 6.04. The molecular weight excluding hydrogens is 673 g/mol. The Morgan fingerprint density at radius 2 is 1.22 bits per heavy atom. The number of ether oxygens (including phenoxy) is 1. The molecule has 55 heavy (non-hydrogen) atoms. The molecule has 0 spiro atoms. The third-order valence-corrected chi connectivity index (χ3v) is 10.7. The zero-order valence-electron chi connectivity index (χ0n) is 30.5. The minimum atomic E-state index is 0.0321. The molecule has 0 atom stereocenters. The van der Waals surface area contributed by atoms with Crippen molar-refractivity contribution in [2.24, 2.45) is 0 Å². The van der Waals surface area contributed by atoms with Crippen LogP contribution < -0.4 is 9.80 Å². The van der Waals surface area contributed by atoms with Crippen LogP contribution in [-0.2, 0) is 17.6 Å². The van der Waals surface area contributed by atoms with Gasteiger partial charge in [-0.15, -0.1) is 0 Å². The number of nitriles is 1. The summed E-state index contributed by atoms with van der Waals surface area (Å²) >= 11 is 0. The van der Waals surface area contributed by atoms with E-state index < -0.39 is 0 Å². The van der Waals surface area contributed by atoms with Crippen LogP contribution in [0, 0.1) is 17.9 Å². The van der Waals surface area contributed by atoms with Crippen molar-refractivity contribution in [1.29, 1.82) is 5.26 Å². The lowest BCUT2D eigenvalue weighted by Crippen LogP contribution is -2.34. The molecule has 264 valence electrons. The molecule has 0 fully saturated rings. The van der Waals surface area contributed by atoms with Gasteiger partial charge < -0.3 is 14.5 Å². The standard InChI is InChI=1S/C50H38N4O/c1-52-47(34-51)41-32-43(55-44(33-41)27-23-36-30-39-14-8-28-53-29-9-15-40(31-36)50(39)53)26-22-35-20-24-42(25-21-35)54(48-18-6-12-37-10-2-4-16-45(37)48)49-19-7-13-38-11-3-5-17-46(38)49/h2-7,10-13,16-27,30-33H,8-9,14-15,28-29H2/b26-22+,27-23+,47-41-. The smallest absolute Gasteiger partial charge is 0.269 e. The van der Waals surface area contributed by atoms with Gasteiger partial charge in [0, 0.05) is 35.2 Å². The Labute approximate surface area is 322 Å². The van der Waals surface area contributed by atoms with Crippen molar-refractivity contribution in [2.75, 3.05) is 22.9 Å². The van der Waals surface area contributed by atoms with Crippen LogP contribution in [0.5, 0.6) is 0 Å². The molecule has 0 N–H and O–H groups in total. The average molecular weight is 711 g/mol. The van der Waals surface area contributed by atoms with E-state index in [2.05, 4.69) is 148 Å². The van der Waals surface area contributed by atoms with Crippen LogP contribution in [0.1, 0.15) is 35.1 Å². The lowest BCUT2D eigenvalue weighted by atomic mass is 9.90. The Balaban J connectivity index is 1.02. The fourth-order valence-electron chi connectivity index (χ4n) is 8.23. The van der Waals surface area contributed by atoms with E-state index in [0.717, 1.165) is 54.1 Å². The van der Waals surface area contributed by atoms with Gasteiger partial charge >= 0.3 is 0 Å². The summed E-state index contributed by atoms with van der Waals surface area (Å²) in [4.78, 5) is 8.39. The van der Waals surface area contributed by atoms with E-state index in [1.807, 2.05) is 18.2 Å². The number of fused-ring (bicyclic) bond motifs is 2. The van der Waals surface area contributed by atoms with Crippen LogP contribution >= 0.6 is 0 Å². The Morgan fingerprint density at radius 1 is 0.673 bits per heavy atom. The number of allylic oxidation sites excluding steroid dienone is 6. The highest BCUT2D eigenvalue weighted by Crippen LogP contribution is 2.42. The molecule has 0 aliphatic carbocycles. The van der Waals surface area contributed by atoms with E-state index in [9.17, 15) is 5.26 Å². The summed E-state index contributed by atoms with van der Waals surface area (Å²) in [6.45, 7) is 9.92. The monoisotopic (exact) mass is 710 g/mol. The maximum absolute atomic E-state index is 9.75. The van der Waals surface area contributed by atoms with Gasteiger partial charge in [-0.2, -0.15) is 0 Å². The summed E-state index contributed by atoms with van der Waals surface area (Å²) in [6, 6.07) is 45.1. The molecule has 3 aliphatic heterocycles. The average Bonchev–Trinajstić information content (AvgIpc) is 3.23. The third kappa shape index (κ3) is 6.69. The second-order valence-electron chi connectivity index (χ2n) is 14.2. The molecule has 6 aromatic rings. The summed E-state index contributed by atoms with van der Waals surface area (Å²) in [5.74, 6) is 1.14. The van der Waals surface area contributed by atoms with E-state index in [4.69, 9.17) is 11.3 Å². The molecule has 0 unspecified atom stereocenters. The summed E-state index contributed by atoms with van der Waals surface area (Å²) in [7, 11) is 0. The minimum absolute atomic E-state index is 0.0321. The van der Waals surface area contributed by atoms with Crippen LogP contribution in [0.4, 0.5) is 22.7 Å². The lowest BCUT2D eigenvalue weighted by molar-refractivity contribution is 0.332. The quantitative estimate of drug-likeness (QED) is 0.122. The van der Waals surface area contributed by atoms with Crippen molar-refractivity contribution in [2.45, 2.75) is 25.7 Å². The fourth-order valence-corrected chi connectivity index (χ4v) is 8.23. The normalized spacial score (nSPS) is 15.9. The molecule has 3 heterocycles. The molecule has 0 saturated carbocycles. The molecule has 0 amide bonds. The molecular formula is C50H38N4O. The first kappa shape index (κ1) is 33.7. The van der Waals surface area contributed by atoms with E-state index >= 15 is 0 Å². The van der Waals surface area contributed by atoms with Gasteiger partial charge in [0.2, 0.25) is 0 Å². The van der Waals surface area contributed by atoms with E-state index in [0.29, 0.717) is 17.1 Å². The van der Waals surface area contributed by atoms with Crippen molar-refractivity contribution in [3.8, 4) is 6.07 Å². The number of hydrogen-bond donors (Lipinski definition) is 0. The predicted octanol–water partition coefficient (Wildman–Crippen LogP) is 12.4. The van der Waals surface area contributed by atoms with Crippen LogP contribution in [0.15, 0.2) is 168 Å². The van der Waals surface area contributed by atoms with Crippen LogP contribution in [0.2, 0.25) is 0 Å². The van der Waals surface area contributed by atoms with Crippen molar-refractivity contribution in [3.05, 3.63) is 202 Å². The Bertz CT molecular complexity index is 2580. The maximum Gasteiger partial charge on any atom is 0.269 e. The first-order chi connectivity index (χ1) is 27.1. The maximum atomic E-state index is 9.75. The summed E-state index contributed by atoms with van der Waals surface area (Å²) in [5, 5.41) is 14.5. The molecule has 9 rings (SSSR count). The minimum Gasteiger partial charge on any atom is -0.457 e. The second-order valence-corrected chi connectivity index (χ2v) is 14.2. The first-order valence-corrected chi connectivity index (χ1v) is 18.9. The van der Waals surface area contributed by atoms with E-state index in [1.165, 1.54) is 51.2 Å². The number of hydrogen-bond acceptors (Lipinski definition) is 4. The van der Waals surface area contributed by atoms with Crippen LogP contribution in [-0.4, -0.2) is 13.1 Å². The number of rotatable bonds is 7. The molecule has 3 aliphatic rings. The van der Waals surface area contributed by atoms with Crippen molar-refractivity contribution in [1.82, 2.24) is 0 Å². The molecule has 0 saturated heterocycles. The Hall–Kier alpha value is -7.08. The van der Waals surface area contributed by atoms with Gasteiger partial charge in [-0.3, -0.25) is 0 Å². The molecule has 5 nitrogen and oxygen atoms in total. The molecule has 0 radical (unpaired) electrons. The van der Waals surface area contributed by atoms with Gasteiger partial charge in [0.1, 0.15) is 11.5 Å². The van der Waals surface area contributed by atoms with E-state index in [1.54, 1.807) is 12.2 Å². The van der Waals surface area contributed by atoms with E-state index in [-0.39, 0.29) is 5.70 Å². The van der Waals surface area contributed by atoms with Crippen molar-refractivity contribution in [3.63, 3.8) is 0 Å². The predicted molar refractivity (Wildman–Crippen MR) is 226 cm³/mol. The highest BCUT2D eigenvalue weighted by Gasteiger charge is 2.24. The third-order valence-electron chi connectivity index (χ3n) is 10.7. The van der Waals surface area contributed by atoms with Crippen molar-refractivity contribution < 1.29 is 4.74 Å². The van der Waals surface area contributed by atoms with Crippen molar-refractivity contribution >= 4 is 56.4 Å².